The SMILES string of the molecule is O=C(C[n+]1ccc(-c2ccccc2)cn1)c1ccc([N+](=O)[O-])cc1. The molecular formula is C18H14N3O3+. The third-order valence-corrected chi connectivity index (χ3v) is 3.58. The van der Waals surface area contributed by atoms with Crippen molar-refractivity contribution < 1.29 is 14.4 Å². The van der Waals surface area contributed by atoms with Crippen molar-refractivity contribution in [1.29, 1.82) is 0 Å². The molecule has 24 heavy (non-hydrogen) atoms. The molecule has 118 valence electrons. The van der Waals surface area contributed by atoms with Crippen molar-refractivity contribution in [2.24, 2.45) is 0 Å². The van der Waals surface area contributed by atoms with Gasteiger partial charge in [-0.1, -0.05) is 35.0 Å². The Balaban J connectivity index is 1.71. The van der Waals surface area contributed by atoms with Crippen LogP contribution in [0, 0.1) is 10.1 Å². The van der Waals surface area contributed by atoms with Gasteiger partial charge >= 0.3 is 0 Å². The van der Waals surface area contributed by atoms with Gasteiger partial charge in [-0.05, 0) is 22.8 Å². The summed E-state index contributed by atoms with van der Waals surface area (Å²) < 4.78 is 1.54. The van der Waals surface area contributed by atoms with Crippen molar-refractivity contribution in [1.82, 2.24) is 5.10 Å². The van der Waals surface area contributed by atoms with Gasteiger partial charge in [0, 0.05) is 29.3 Å². The topological polar surface area (TPSA) is 77.0 Å². The van der Waals surface area contributed by atoms with Crippen molar-refractivity contribution in [3.05, 3.63) is 88.7 Å². The molecule has 0 unspecified atom stereocenters. The number of carbonyl (C=O) groups excluding carboxylic acids is 1. The van der Waals surface area contributed by atoms with E-state index >= 15 is 0 Å². The predicted molar refractivity (Wildman–Crippen MR) is 87.3 cm³/mol. The molecule has 0 atom stereocenters. The molecule has 0 N–H and O–H groups in total. The van der Waals surface area contributed by atoms with Crippen LogP contribution in [0.3, 0.4) is 0 Å². The highest BCUT2D eigenvalue weighted by Crippen LogP contribution is 2.16. The molecule has 0 radical (unpaired) electrons. The van der Waals surface area contributed by atoms with Crippen molar-refractivity contribution in [2.45, 2.75) is 6.54 Å². The van der Waals surface area contributed by atoms with E-state index in [4.69, 9.17) is 0 Å². The van der Waals surface area contributed by atoms with Crippen LogP contribution in [-0.4, -0.2) is 15.8 Å². The quantitative estimate of drug-likeness (QED) is 0.313. The minimum Gasteiger partial charge on any atom is -0.287 e. The second-order valence-corrected chi connectivity index (χ2v) is 5.21. The number of Topliss-reactive ketones (excluding diaryl/α,β-unsaturated/α-hetero) is 1. The van der Waals surface area contributed by atoms with Gasteiger partial charge in [0.2, 0.25) is 12.3 Å². The van der Waals surface area contributed by atoms with Gasteiger partial charge < -0.3 is 0 Å². The predicted octanol–water partition coefficient (Wildman–Crippen LogP) is 2.83. The van der Waals surface area contributed by atoms with Crippen molar-refractivity contribution in [3.63, 3.8) is 0 Å². The lowest BCUT2D eigenvalue weighted by Crippen LogP contribution is -2.41. The average molecular weight is 320 g/mol. The van der Waals surface area contributed by atoms with E-state index in [1.54, 1.807) is 12.4 Å². The number of rotatable bonds is 5. The molecule has 0 spiro atoms. The number of nitro groups is 1. The summed E-state index contributed by atoms with van der Waals surface area (Å²) in [5.74, 6) is -0.158. The van der Waals surface area contributed by atoms with E-state index in [-0.39, 0.29) is 18.0 Å². The van der Waals surface area contributed by atoms with E-state index in [0.717, 1.165) is 11.1 Å². The summed E-state index contributed by atoms with van der Waals surface area (Å²) in [7, 11) is 0. The van der Waals surface area contributed by atoms with Crippen LogP contribution in [0.25, 0.3) is 11.1 Å². The van der Waals surface area contributed by atoms with Crippen LogP contribution < -0.4 is 4.68 Å². The number of ketones is 1. The Morgan fingerprint density at radius 1 is 1.00 bits per heavy atom. The maximum atomic E-state index is 12.2. The first-order chi connectivity index (χ1) is 11.6. The van der Waals surface area contributed by atoms with Crippen molar-refractivity contribution in [3.8, 4) is 11.1 Å². The first-order valence-corrected chi connectivity index (χ1v) is 7.32. The number of benzene rings is 2. The van der Waals surface area contributed by atoms with E-state index in [2.05, 4.69) is 5.10 Å². The number of hydrogen-bond acceptors (Lipinski definition) is 4. The summed E-state index contributed by atoms with van der Waals surface area (Å²) in [5.41, 5.74) is 2.40. The summed E-state index contributed by atoms with van der Waals surface area (Å²) in [4.78, 5) is 22.4. The smallest absolute Gasteiger partial charge is 0.269 e. The van der Waals surface area contributed by atoms with Crippen LogP contribution in [0.4, 0.5) is 5.69 Å². The summed E-state index contributed by atoms with van der Waals surface area (Å²) in [6, 6.07) is 17.3. The fourth-order valence-corrected chi connectivity index (χ4v) is 2.29. The Bertz CT molecular complexity index is 860. The molecule has 6 nitrogen and oxygen atoms in total. The van der Waals surface area contributed by atoms with Crippen molar-refractivity contribution >= 4 is 11.5 Å². The Kier molecular flexibility index (Phi) is 4.38. The molecule has 0 saturated heterocycles. The summed E-state index contributed by atoms with van der Waals surface area (Å²) in [5, 5.41) is 14.9. The minimum absolute atomic E-state index is 0.0375. The molecule has 1 aromatic heterocycles. The molecule has 6 heteroatoms. The minimum atomic E-state index is -0.493. The zero-order chi connectivity index (χ0) is 16.9. The third kappa shape index (κ3) is 3.49. The zero-order valence-corrected chi connectivity index (χ0v) is 12.7. The first-order valence-electron chi connectivity index (χ1n) is 7.32. The van der Waals surface area contributed by atoms with Crippen LogP contribution >= 0.6 is 0 Å². The maximum absolute atomic E-state index is 12.2. The molecule has 0 aliphatic carbocycles. The van der Waals surface area contributed by atoms with Crippen LogP contribution in [0.15, 0.2) is 73.1 Å². The summed E-state index contributed by atoms with van der Waals surface area (Å²) >= 11 is 0. The number of hydrogen-bond donors (Lipinski definition) is 0. The highest BCUT2D eigenvalue weighted by atomic mass is 16.6. The van der Waals surface area contributed by atoms with Gasteiger partial charge in [0.25, 0.3) is 5.69 Å². The molecule has 0 fully saturated rings. The molecule has 0 amide bonds. The number of aromatic nitrogens is 2. The molecule has 0 bridgehead atoms. The van der Waals surface area contributed by atoms with Crippen LogP contribution in [-0.2, 0) is 6.54 Å². The molecular weight excluding hydrogens is 306 g/mol. The van der Waals surface area contributed by atoms with Crippen LogP contribution in [0.2, 0.25) is 0 Å². The molecule has 0 aliphatic heterocycles. The zero-order valence-electron chi connectivity index (χ0n) is 12.7. The van der Waals surface area contributed by atoms with E-state index in [9.17, 15) is 14.9 Å². The van der Waals surface area contributed by atoms with Gasteiger partial charge in [-0.2, -0.15) is 0 Å². The number of nitrogens with zero attached hydrogens (tertiary/aromatic N) is 3. The fraction of sp³-hybridized carbons (Fsp3) is 0.0556. The second-order valence-electron chi connectivity index (χ2n) is 5.21. The molecule has 3 rings (SSSR count). The van der Waals surface area contributed by atoms with Crippen LogP contribution in [0.1, 0.15) is 10.4 Å². The van der Waals surface area contributed by atoms with Gasteiger partial charge in [-0.25, -0.2) is 0 Å². The lowest BCUT2D eigenvalue weighted by Gasteiger charge is -2.00. The maximum Gasteiger partial charge on any atom is 0.269 e. The molecule has 1 heterocycles. The molecule has 0 aliphatic rings. The standard InChI is InChI=1S/C18H14N3O3/c22-18(15-6-8-17(9-7-15)21(23)24)13-20-11-10-16(12-19-20)14-4-2-1-3-5-14/h1-12H,13H2/q+1. The number of non-ortho nitro benzene ring substituents is 1. The van der Waals surface area contributed by atoms with Crippen LogP contribution in [0.5, 0.6) is 0 Å². The van der Waals surface area contributed by atoms with Gasteiger partial charge in [-0.15, -0.1) is 0 Å². The normalized spacial score (nSPS) is 10.3. The highest BCUT2D eigenvalue weighted by Gasteiger charge is 2.15. The van der Waals surface area contributed by atoms with E-state index in [1.807, 2.05) is 36.4 Å². The van der Waals surface area contributed by atoms with Gasteiger partial charge in [0.05, 0.1) is 4.92 Å². The van der Waals surface area contributed by atoms with E-state index in [0.29, 0.717) is 5.56 Å². The number of carbonyl (C=O) groups is 1. The fourth-order valence-electron chi connectivity index (χ4n) is 2.29. The molecule has 2 aromatic carbocycles. The average Bonchev–Trinajstić information content (AvgIpc) is 2.63. The van der Waals surface area contributed by atoms with Gasteiger partial charge in [0.15, 0.2) is 6.20 Å². The highest BCUT2D eigenvalue weighted by molar-refractivity contribution is 5.95. The third-order valence-electron chi connectivity index (χ3n) is 3.58. The van der Waals surface area contributed by atoms with E-state index in [1.165, 1.54) is 28.9 Å². The lowest BCUT2D eigenvalue weighted by atomic mass is 10.1. The van der Waals surface area contributed by atoms with E-state index < -0.39 is 4.92 Å². The second kappa shape index (κ2) is 6.78. The molecule has 0 saturated carbocycles. The Labute approximate surface area is 138 Å². The first kappa shape index (κ1) is 15.5. The summed E-state index contributed by atoms with van der Waals surface area (Å²) in [6.45, 7) is 0.0763. The van der Waals surface area contributed by atoms with Crippen molar-refractivity contribution in [2.75, 3.05) is 0 Å². The Morgan fingerprint density at radius 3 is 2.29 bits per heavy atom. The Morgan fingerprint density at radius 2 is 1.71 bits per heavy atom. The lowest BCUT2D eigenvalue weighted by molar-refractivity contribution is -0.741. The largest absolute Gasteiger partial charge is 0.287 e. The summed E-state index contributed by atoms with van der Waals surface area (Å²) in [6.07, 6.45) is 3.45. The van der Waals surface area contributed by atoms with Gasteiger partial charge in [-0.3, -0.25) is 14.9 Å². The Hall–Kier alpha value is -3.41. The molecule has 3 aromatic rings. The number of nitro benzene ring substituents is 1. The monoisotopic (exact) mass is 320 g/mol. The van der Waals surface area contributed by atoms with Gasteiger partial charge in [0.1, 0.15) is 6.20 Å².